The van der Waals surface area contributed by atoms with E-state index >= 15 is 0 Å². The van der Waals surface area contributed by atoms with Gasteiger partial charge in [-0.05, 0) is 41.7 Å². The van der Waals surface area contributed by atoms with E-state index in [2.05, 4.69) is 37.9 Å². The van der Waals surface area contributed by atoms with Crippen molar-refractivity contribution >= 4 is 23.3 Å². The maximum atomic E-state index is 5.33. The zero-order valence-corrected chi connectivity index (χ0v) is 10.1. The molecule has 15 heavy (non-hydrogen) atoms. The van der Waals surface area contributed by atoms with Crippen LogP contribution in [-0.2, 0) is 5.41 Å². The number of aromatic amines is 1. The summed E-state index contributed by atoms with van der Waals surface area (Å²) >= 11 is 4.96. The lowest BCUT2D eigenvalue weighted by atomic mass is 9.82. The minimum Gasteiger partial charge on any atom is -0.429 e. The fraction of sp³-hybridized carbons (Fsp3) is 0.417. The molecule has 0 spiro atoms. The predicted octanol–water partition coefficient (Wildman–Crippen LogP) is 4.18. The van der Waals surface area contributed by atoms with Crippen LogP contribution in [0, 0.1) is 4.84 Å². The van der Waals surface area contributed by atoms with Gasteiger partial charge in [0.05, 0.1) is 5.52 Å². The van der Waals surface area contributed by atoms with Crippen LogP contribution in [0.3, 0.4) is 0 Å². The highest BCUT2D eigenvalue weighted by Gasteiger charge is 2.18. The largest absolute Gasteiger partial charge is 0.429 e. The fourth-order valence-corrected chi connectivity index (χ4v) is 1.78. The lowest BCUT2D eigenvalue weighted by molar-refractivity contribution is 0.506. The SMILES string of the molecule is CCC(C)(C)c1ccc2oc(=S)[nH]c2c1. The molecule has 0 unspecified atom stereocenters. The highest BCUT2D eigenvalue weighted by molar-refractivity contribution is 7.71. The van der Waals surface area contributed by atoms with Crippen molar-refractivity contribution in [2.75, 3.05) is 0 Å². The van der Waals surface area contributed by atoms with Crippen LogP contribution in [0.15, 0.2) is 22.6 Å². The Hall–Kier alpha value is -1.09. The van der Waals surface area contributed by atoms with Crippen molar-refractivity contribution in [3.05, 3.63) is 28.6 Å². The van der Waals surface area contributed by atoms with E-state index in [0.717, 1.165) is 17.5 Å². The number of rotatable bonds is 2. The van der Waals surface area contributed by atoms with Crippen molar-refractivity contribution in [2.24, 2.45) is 0 Å². The van der Waals surface area contributed by atoms with Gasteiger partial charge in [0.25, 0.3) is 4.84 Å². The molecule has 0 saturated carbocycles. The minimum atomic E-state index is 0.195. The number of H-pyrrole nitrogens is 1. The van der Waals surface area contributed by atoms with E-state index in [-0.39, 0.29) is 5.41 Å². The minimum absolute atomic E-state index is 0.195. The van der Waals surface area contributed by atoms with Gasteiger partial charge < -0.3 is 9.40 Å². The van der Waals surface area contributed by atoms with Gasteiger partial charge in [-0.1, -0.05) is 26.8 Å². The third-order valence-corrected chi connectivity index (χ3v) is 3.27. The second kappa shape index (κ2) is 3.49. The first kappa shape index (κ1) is 10.4. The van der Waals surface area contributed by atoms with Crippen LogP contribution in [0.5, 0.6) is 0 Å². The molecule has 1 aromatic heterocycles. The van der Waals surface area contributed by atoms with E-state index in [4.69, 9.17) is 16.6 Å². The average Bonchev–Trinajstić information content (AvgIpc) is 2.56. The Morgan fingerprint density at radius 3 is 2.80 bits per heavy atom. The summed E-state index contributed by atoms with van der Waals surface area (Å²) in [5.41, 5.74) is 3.32. The van der Waals surface area contributed by atoms with Crippen LogP contribution in [0.4, 0.5) is 0 Å². The third-order valence-electron chi connectivity index (χ3n) is 3.08. The van der Waals surface area contributed by atoms with Gasteiger partial charge in [0.2, 0.25) is 0 Å². The lowest BCUT2D eigenvalue weighted by Crippen LogP contribution is -2.14. The average molecular weight is 221 g/mol. The van der Waals surface area contributed by atoms with Gasteiger partial charge in [-0.15, -0.1) is 0 Å². The molecule has 0 radical (unpaired) electrons. The van der Waals surface area contributed by atoms with Crippen molar-refractivity contribution in [3.8, 4) is 0 Å². The van der Waals surface area contributed by atoms with Gasteiger partial charge in [-0.25, -0.2) is 0 Å². The summed E-state index contributed by atoms with van der Waals surface area (Å²) in [6.07, 6.45) is 1.11. The van der Waals surface area contributed by atoms with E-state index in [1.54, 1.807) is 0 Å². The first-order valence-electron chi connectivity index (χ1n) is 5.16. The van der Waals surface area contributed by atoms with Crippen LogP contribution >= 0.6 is 12.2 Å². The molecular formula is C12H15NOS. The van der Waals surface area contributed by atoms with E-state index in [9.17, 15) is 0 Å². The van der Waals surface area contributed by atoms with Crippen molar-refractivity contribution in [3.63, 3.8) is 0 Å². The van der Waals surface area contributed by atoms with Gasteiger partial charge in [-0.2, -0.15) is 0 Å². The second-order valence-corrected chi connectivity index (χ2v) is 4.83. The summed E-state index contributed by atoms with van der Waals surface area (Å²) in [4.78, 5) is 3.48. The Morgan fingerprint density at radius 1 is 1.40 bits per heavy atom. The standard InChI is InChI=1S/C12H15NOS/c1-4-12(2,3)8-5-6-10-9(7-8)13-11(15)14-10/h5-7H,4H2,1-3H3,(H,13,15). The highest BCUT2D eigenvalue weighted by Crippen LogP contribution is 2.28. The molecule has 0 saturated heterocycles. The molecule has 0 aliphatic carbocycles. The normalized spacial score (nSPS) is 12.2. The van der Waals surface area contributed by atoms with Crippen molar-refractivity contribution in [2.45, 2.75) is 32.6 Å². The van der Waals surface area contributed by atoms with Gasteiger partial charge in [0.1, 0.15) is 0 Å². The van der Waals surface area contributed by atoms with Gasteiger partial charge >= 0.3 is 0 Å². The molecule has 0 bridgehead atoms. The number of oxazole rings is 1. The molecule has 3 heteroatoms. The van der Waals surface area contributed by atoms with Gasteiger partial charge in [0.15, 0.2) is 5.58 Å². The zero-order valence-electron chi connectivity index (χ0n) is 9.26. The number of aromatic nitrogens is 1. The van der Waals surface area contributed by atoms with Crippen LogP contribution in [-0.4, -0.2) is 4.98 Å². The second-order valence-electron chi connectivity index (χ2n) is 4.46. The molecule has 0 atom stereocenters. The fourth-order valence-electron chi connectivity index (χ4n) is 1.58. The topological polar surface area (TPSA) is 28.9 Å². The molecule has 2 aromatic rings. The molecule has 0 fully saturated rings. The van der Waals surface area contributed by atoms with Crippen LogP contribution < -0.4 is 0 Å². The van der Waals surface area contributed by atoms with E-state index in [1.807, 2.05) is 6.07 Å². The Balaban J connectivity index is 2.60. The molecule has 1 N–H and O–H groups in total. The maximum absolute atomic E-state index is 5.33. The predicted molar refractivity (Wildman–Crippen MR) is 64.7 cm³/mol. The summed E-state index contributed by atoms with van der Waals surface area (Å²) in [6, 6.07) is 6.21. The Bertz CT molecular complexity index is 536. The number of benzene rings is 1. The lowest BCUT2D eigenvalue weighted by Gasteiger charge is -2.22. The third kappa shape index (κ3) is 1.84. The van der Waals surface area contributed by atoms with Crippen LogP contribution in [0.1, 0.15) is 32.8 Å². The molecule has 2 nitrogen and oxygen atoms in total. The number of hydrogen-bond acceptors (Lipinski definition) is 2. The first-order chi connectivity index (χ1) is 7.03. The molecule has 0 amide bonds. The van der Waals surface area contributed by atoms with Crippen molar-refractivity contribution < 1.29 is 4.42 Å². The maximum Gasteiger partial charge on any atom is 0.266 e. The van der Waals surface area contributed by atoms with E-state index < -0.39 is 0 Å². The summed E-state index contributed by atoms with van der Waals surface area (Å²) in [5, 5.41) is 0. The molecule has 0 aliphatic rings. The van der Waals surface area contributed by atoms with Gasteiger partial charge in [-0.3, -0.25) is 0 Å². The Morgan fingerprint density at radius 2 is 2.13 bits per heavy atom. The van der Waals surface area contributed by atoms with E-state index in [0.29, 0.717) is 4.84 Å². The van der Waals surface area contributed by atoms with Crippen molar-refractivity contribution in [1.29, 1.82) is 0 Å². The quantitative estimate of drug-likeness (QED) is 0.771. The van der Waals surface area contributed by atoms with Crippen LogP contribution in [0.2, 0.25) is 0 Å². The monoisotopic (exact) mass is 221 g/mol. The first-order valence-corrected chi connectivity index (χ1v) is 5.57. The molecule has 80 valence electrons. The number of fused-ring (bicyclic) bond motifs is 1. The summed E-state index contributed by atoms with van der Waals surface area (Å²) in [5.74, 6) is 0. The summed E-state index contributed by atoms with van der Waals surface area (Å²) in [6.45, 7) is 6.67. The van der Waals surface area contributed by atoms with Crippen LogP contribution in [0.25, 0.3) is 11.1 Å². The zero-order chi connectivity index (χ0) is 11.1. The highest BCUT2D eigenvalue weighted by atomic mass is 32.1. The Kier molecular flexibility index (Phi) is 2.43. The molecule has 1 aromatic carbocycles. The Labute approximate surface area is 94.3 Å². The molecular weight excluding hydrogens is 206 g/mol. The molecule has 0 aliphatic heterocycles. The smallest absolute Gasteiger partial charge is 0.266 e. The molecule has 1 heterocycles. The van der Waals surface area contributed by atoms with Crippen molar-refractivity contribution in [1.82, 2.24) is 4.98 Å². The summed E-state index contributed by atoms with van der Waals surface area (Å²) in [7, 11) is 0. The summed E-state index contributed by atoms with van der Waals surface area (Å²) < 4.78 is 5.33. The molecule has 2 rings (SSSR count). The number of hydrogen-bond donors (Lipinski definition) is 1. The van der Waals surface area contributed by atoms with E-state index in [1.165, 1.54) is 5.56 Å². The number of nitrogens with one attached hydrogen (secondary N) is 1. The van der Waals surface area contributed by atoms with Gasteiger partial charge in [0, 0.05) is 0 Å².